The van der Waals surface area contributed by atoms with Crippen molar-refractivity contribution in [1.82, 2.24) is 9.62 Å². The molecule has 1 unspecified atom stereocenters. The molecule has 3 amide bonds. The van der Waals surface area contributed by atoms with Crippen molar-refractivity contribution in [2.45, 2.75) is 75.4 Å². The van der Waals surface area contributed by atoms with E-state index in [1.54, 1.807) is 18.1 Å². The molecule has 2 aromatic carbocycles. The highest BCUT2D eigenvalue weighted by Crippen LogP contribution is 2.47. The summed E-state index contributed by atoms with van der Waals surface area (Å²) in [6.45, 7) is 5.59. The highest BCUT2D eigenvalue weighted by atomic mass is 35.5. The van der Waals surface area contributed by atoms with Crippen molar-refractivity contribution in [2.75, 3.05) is 57.2 Å². The number of halogens is 1. The van der Waals surface area contributed by atoms with Crippen LogP contribution in [0.15, 0.2) is 52.9 Å². The van der Waals surface area contributed by atoms with Gasteiger partial charge >= 0.3 is 6.03 Å². The minimum Gasteiger partial charge on any atom is -0.490 e. The van der Waals surface area contributed by atoms with Crippen LogP contribution >= 0.6 is 11.6 Å². The van der Waals surface area contributed by atoms with E-state index < -0.39 is 21.9 Å². The van der Waals surface area contributed by atoms with Gasteiger partial charge in [0.05, 0.1) is 37.2 Å². The van der Waals surface area contributed by atoms with E-state index in [1.165, 1.54) is 11.1 Å². The van der Waals surface area contributed by atoms with E-state index in [2.05, 4.69) is 38.3 Å². The first kappa shape index (κ1) is 34.9. The molecule has 2 saturated heterocycles. The summed E-state index contributed by atoms with van der Waals surface area (Å²) in [6.07, 6.45) is 11.9. The SMILES string of the molecule is CO[C@H]1/C=C/C[C@H](C)CS(=O)(NC(=O)N2CC3(CCCO3)C2)=NC(=O)c2ccc3c(c2)N(C[C@@H]2CC[C@H]21)C[C@@]1(CCCc2cc(Cl)ccc21)CO3. The van der Waals surface area contributed by atoms with Crippen LogP contribution in [-0.4, -0.2) is 85.0 Å². The van der Waals surface area contributed by atoms with E-state index in [-0.39, 0.29) is 28.8 Å². The number of allylic oxidation sites excluding steroid dienone is 1. The van der Waals surface area contributed by atoms with Crippen LogP contribution in [0.4, 0.5) is 10.5 Å². The van der Waals surface area contributed by atoms with Crippen molar-refractivity contribution < 1.29 is 28.0 Å². The Kier molecular flexibility index (Phi) is 9.38. The molecule has 2 bridgehead atoms. The molecule has 8 rings (SSSR count). The number of methoxy groups -OCH3 is 1. The molecule has 4 aliphatic heterocycles. The zero-order chi connectivity index (χ0) is 35.4. The fraction of sp³-hybridized carbons (Fsp3) is 0.590. The maximum atomic E-state index is 14.6. The molecular weight excluding hydrogens is 688 g/mol. The Morgan fingerprint density at radius 2 is 1.98 bits per heavy atom. The number of rotatable bonds is 2. The third-order valence-electron chi connectivity index (χ3n) is 12.2. The largest absolute Gasteiger partial charge is 0.490 e. The number of likely N-dealkylation sites (tertiary alicyclic amines) is 1. The standard InChI is InChI=1S/C39H49ClN4O6S/c1-26-6-3-8-34(48-2)31-12-9-29(31)20-43-22-38(15-4-7-27-18-30(40)11-13-32(27)38)25-49-35-14-10-28(19-33(35)43)36(45)41-51(47,21-26)42-37(46)44-23-39(24-44)16-5-17-50-39/h3,8,10-11,13-14,18-19,26,29,31,34H,4-7,9,12,15-17,20-25H2,1-2H3,(H,41,42,45,46,47)/b8-3+/t26-,29-,31+,34-,38-,51?/m0/s1. The van der Waals surface area contributed by atoms with Crippen LogP contribution in [0.25, 0.3) is 0 Å². The first-order chi connectivity index (χ1) is 24.6. The van der Waals surface area contributed by atoms with E-state index in [0.29, 0.717) is 55.9 Å². The Hall–Kier alpha value is -3.12. The molecule has 10 nitrogen and oxygen atoms in total. The van der Waals surface area contributed by atoms with Crippen LogP contribution in [-0.2, 0) is 31.2 Å². The molecule has 1 saturated carbocycles. The van der Waals surface area contributed by atoms with E-state index in [9.17, 15) is 13.8 Å². The van der Waals surface area contributed by atoms with Crippen LogP contribution in [0.3, 0.4) is 0 Å². The first-order valence-electron chi connectivity index (χ1n) is 18.6. The van der Waals surface area contributed by atoms with Crippen molar-refractivity contribution in [3.05, 3.63) is 70.3 Å². The van der Waals surface area contributed by atoms with Gasteiger partial charge in [0.1, 0.15) is 21.3 Å². The maximum Gasteiger partial charge on any atom is 0.330 e. The van der Waals surface area contributed by atoms with E-state index in [1.807, 2.05) is 25.1 Å². The lowest BCUT2D eigenvalue weighted by atomic mass is 9.68. The minimum absolute atomic E-state index is 0.0418. The molecule has 2 aliphatic carbocycles. The summed E-state index contributed by atoms with van der Waals surface area (Å²) in [5, 5.41) is 0.746. The normalized spacial score (nSPS) is 33.5. The van der Waals surface area contributed by atoms with Gasteiger partial charge in [0.2, 0.25) is 0 Å². The molecule has 12 heteroatoms. The third-order valence-corrected chi connectivity index (χ3v) is 14.4. The quantitative estimate of drug-likeness (QED) is 0.349. The van der Waals surface area contributed by atoms with Gasteiger partial charge in [-0.3, -0.25) is 9.52 Å². The van der Waals surface area contributed by atoms with Gasteiger partial charge in [-0.25, -0.2) is 9.00 Å². The second kappa shape index (κ2) is 13.7. The average Bonchev–Trinajstić information content (AvgIpc) is 3.52. The minimum atomic E-state index is -3.48. The third kappa shape index (κ3) is 6.80. The molecule has 2 aromatic rings. The molecule has 51 heavy (non-hydrogen) atoms. The summed E-state index contributed by atoms with van der Waals surface area (Å²) in [7, 11) is -1.70. The Morgan fingerprint density at radius 1 is 1.12 bits per heavy atom. The van der Waals surface area contributed by atoms with E-state index >= 15 is 0 Å². The van der Waals surface area contributed by atoms with E-state index in [0.717, 1.165) is 68.7 Å². The van der Waals surface area contributed by atoms with Gasteiger partial charge in [0.15, 0.2) is 0 Å². The number of nitrogens with one attached hydrogen (secondary N) is 1. The number of anilines is 1. The van der Waals surface area contributed by atoms with Gasteiger partial charge in [-0.2, -0.15) is 0 Å². The van der Waals surface area contributed by atoms with Crippen LogP contribution in [0.1, 0.15) is 73.4 Å². The molecule has 1 N–H and O–H groups in total. The lowest BCUT2D eigenvalue weighted by molar-refractivity contribution is -0.0905. The molecule has 0 radical (unpaired) electrons. The zero-order valence-electron chi connectivity index (χ0n) is 29.6. The van der Waals surface area contributed by atoms with Crippen LogP contribution in [0, 0.1) is 17.8 Å². The van der Waals surface area contributed by atoms with Crippen molar-refractivity contribution in [3.63, 3.8) is 0 Å². The van der Waals surface area contributed by atoms with Crippen molar-refractivity contribution in [2.24, 2.45) is 22.1 Å². The Bertz CT molecular complexity index is 1850. The highest BCUT2D eigenvalue weighted by Gasteiger charge is 2.49. The van der Waals surface area contributed by atoms with Crippen molar-refractivity contribution >= 4 is 39.1 Å². The smallest absolute Gasteiger partial charge is 0.330 e. The number of fused-ring (bicyclic) bond motifs is 4. The monoisotopic (exact) mass is 736 g/mol. The molecular formula is C39H49ClN4O6S. The average molecular weight is 737 g/mol. The summed E-state index contributed by atoms with van der Waals surface area (Å²) in [4.78, 5) is 31.4. The number of aryl methyl sites for hydroxylation is 1. The fourth-order valence-corrected chi connectivity index (χ4v) is 11.4. The molecule has 6 aliphatic rings. The Labute approximate surface area is 306 Å². The number of urea groups is 1. The van der Waals surface area contributed by atoms with Crippen molar-refractivity contribution in [1.29, 1.82) is 0 Å². The predicted molar refractivity (Wildman–Crippen MR) is 198 cm³/mol. The number of hydrogen-bond acceptors (Lipinski definition) is 7. The van der Waals surface area contributed by atoms with Gasteiger partial charge in [0, 0.05) is 42.8 Å². The van der Waals surface area contributed by atoms with Gasteiger partial charge in [-0.05, 0) is 111 Å². The topological polar surface area (TPSA) is 110 Å². The predicted octanol–water partition coefficient (Wildman–Crippen LogP) is 6.55. The molecule has 0 aromatic heterocycles. The van der Waals surface area contributed by atoms with Gasteiger partial charge < -0.3 is 24.0 Å². The van der Waals surface area contributed by atoms with Crippen LogP contribution in [0.5, 0.6) is 5.75 Å². The van der Waals surface area contributed by atoms with Gasteiger partial charge in [-0.15, -0.1) is 4.36 Å². The Balaban J connectivity index is 1.16. The molecule has 3 fully saturated rings. The number of hydrogen-bond donors (Lipinski definition) is 1. The first-order valence-corrected chi connectivity index (χ1v) is 20.6. The lowest BCUT2D eigenvalue weighted by Crippen LogP contribution is -2.65. The number of amides is 3. The summed E-state index contributed by atoms with van der Waals surface area (Å²) in [5.41, 5.74) is 3.16. The summed E-state index contributed by atoms with van der Waals surface area (Å²) < 4.78 is 40.2. The van der Waals surface area contributed by atoms with Crippen LogP contribution < -0.4 is 14.4 Å². The number of ether oxygens (including phenoxy) is 3. The second-order valence-corrected chi connectivity index (χ2v) is 18.3. The Morgan fingerprint density at radius 3 is 2.75 bits per heavy atom. The molecule has 6 atom stereocenters. The second-order valence-electron chi connectivity index (χ2n) is 15.9. The maximum absolute atomic E-state index is 14.6. The van der Waals surface area contributed by atoms with Gasteiger partial charge in [-0.1, -0.05) is 36.7 Å². The van der Waals surface area contributed by atoms with Crippen molar-refractivity contribution in [3.8, 4) is 5.75 Å². The highest BCUT2D eigenvalue weighted by molar-refractivity contribution is 7.92. The lowest BCUT2D eigenvalue weighted by Gasteiger charge is -2.46. The molecule has 4 heterocycles. The zero-order valence-corrected chi connectivity index (χ0v) is 31.2. The number of nitrogens with zero attached hydrogens (tertiary/aromatic N) is 3. The fourth-order valence-electron chi connectivity index (χ4n) is 9.37. The number of benzene rings is 2. The molecule has 2 spiro atoms. The summed E-state index contributed by atoms with van der Waals surface area (Å²) >= 11 is 6.46. The summed E-state index contributed by atoms with van der Waals surface area (Å²) in [6, 6.07) is 11.2. The molecule has 274 valence electrons. The van der Waals surface area contributed by atoms with Crippen LogP contribution in [0.2, 0.25) is 5.02 Å². The van der Waals surface area contributed by atoms with E-state index in [4.69, 9.17) is 25.8 Å². The number of carbonyl (C=O) groups excluding carboxylic acids is 2. The van der Waals surface area contributed by atoms with Gasteiger partial charge in [0.25, 0.3) is 5.91 Å². The number of carbonyl (C=O) groups is 2. The summed E-state index contributed by atoms with van der Waals surface area (Å²) in [5.74, 6) is 0.773.